The number of carbonyl (C=O) groups excluding carboxylic acids is 1. The smallest absolute Gasteiger partial charge is 0.270 e. The van der Waals surface area contributed by atoms with Gasteiger partial charge in [0.05, 0.1) is 0 Å². The summed E-state index contributed by atoms with van der Waals surface area (Å²) in [5.74, 6) is 1.67. The van der Waals surface area contributed by atoms with Gasteiger partial charge in [-0.2, -0.15) is 0 Å². The molecule has 0 bridgehead atoms. The summed E-state index contributed by atoms with van der Waals surface area (Å²) < 4.78 is 0. The molecule has 2 N–H and O–H groups in total. The Morgan fingerprint density at radius 1 is 1.33 bits per heavy atom. The Bertz CT molecular complexity index is 459. The second-order valence-corrected chi connectivity index (χ2v) is 5.87. The van der Waals surface area contributed by atoms with Gasteiger partial charge in [-0.25, -0.2) is 9.97 Å². The van der Waals surface area contributed by atoms with Crippen LogP contribution in [0.2, 0.25) is 0 Å². The van der Waals surface area contributed by atoms with E-state index < -0.39 is 0 Å². The van der Waals surface area contributed by atoms with Gasteiger partial charge in [-0.05, 0) is 39.9 Å². The molecule has 0 aliphatic rings. The molecule has 1 aromatic rings. The molecule has 0 radical (unpaired) electrons. The van der Waals surface area contributed by atoms with Crippen LogP contribution in [0, 0.1) is 12.8 Å². The second kappa shape index (κ2) is 8.56. The van der Waals surface area contributed by atoms with Crippen molar-refractivity contribution in [2.75, 3.05) is 39.0 Å². The number of hydrogen-bond donors (Lipinski definition) is 2. The highest BCUT2D eigenvalue weighted by atomic mass is 16.1. The highest BCUT2D eigenvalue weighted by molar-refractivity contribution is 5.92. The lowest BCUT2D eigenvalue weighted by Gasteiger charge is -2.11. The number of amides is 1. The Kier molecular flexibility index (Phi) is 7.08. The maximum absolute atomic E-state index is 12.1. The Morgan fingerprint density at radius 3 is 2.67 bits per heavy atom. The standard InChI is InChI=1S/C15H27N5O/c1-11(2)10-17-14-9-13(18-12(3)19-14)15(21)16-7-6-8-20(4)5/h9,11H,6-8,10H2,1-5H3,(H,16,21)(H,17,18,19). The minimum Gasteiger partial charge on any atom is -0.370 e. The number of carbonyl (C=O) groups is 1. The zero-order valence-electron chi connectivity index (χ0n) is 13.7. The molecule has 6 heteroatoms. The van der Waals surface area contributed by atoms with Crippen molar-refractivity contribution in [3.63, 3.8) is 0 Å². The van der Waals surface area contributed by atoms with Crippen molar-refractivity contribution < 1.29 is 4.79 Å². The van der Waals surface area contributed by atoms with Gasteiger partial charge in [-0.15, -0.1) is 0 Å². The second-order valence-electron chi connectivity index (χ2n) is 5.87. The Morgan fingerprint density at radius 2 is 2.05 bits per heavy atom. The van der Waals surface area contributed by atoms with Crippen LogP contribution < -0.4 is 10.6 Å². The van der Waals surface area contributed by atoms with Crippen LogP contribution in [0.15, 0.2) is 6.07 Å². The average Bonchev–Trinajstić information content (AvgIpc) is 2.40. The molecule has 0 atom stereocenters. The quantitative estimate of drug-likeness (QED) is 0.711. The van der Waals surface area contributed by atoms with E-state index in [0.29, 0.717) is 29.8 Å². The summed E-state index contributed by atoms with van der Waals surface area (Å²) in [6, 6.07) is 1.71. The maximum Gasteiger partial charge on any atom is 0.270 e. The van der Waals surface area contributed by atoms with Crippen molar-refractivity contribution in [1.82, 2.24) is 20.2 Å². The van der Waals surface area contributed by atoms with E-state index in [1.807, 2.05) is 14.1 Å². The molecule has 1 amide bonds. The third kappa shape index (κ3) is 7.04. The van der Waals surface area contributed by atoms with Crippen LogP contribution in [0.4, 0.5) is 5.82 Å². The van der Waals surface area contributed by atoms with Crippen molar-refractivity contribution in [2.24, 2.45) is 5.92 Å². The zero-order valence-corrected chi connectivity index (χ0v) is 13.7. The topological polar surface area (TPSA) is 70.2 Å². The fourth-order valence-corrected chi connectivity index (χ4v) is 1.77. The van der Waals surface area contributed by atoms with Crippen LogP contribution in [0.5, 0.6) is 0 Å². The van der Waals surface area contributed by atoms with E-state index in [1.165, 1.54) is 0 Å². The molecule has 0 fully saturated rings. The van der Waals surface area contributed by atoms with Crippen molar-refractivity contribution in [3.8, 4) is 0 Å². The molecule has 1 aromatic heterocycles. The lowest BCUT2D eigenvalue weighted by atomic mass is 10.2. The summed E-state index contributed by atoms with van der Waals surface area (Å²) in [5.41, 5.74) is 0.415. The molecule has 0 aliphatic heterocycles. The Labute approximate surface area is 127 Å². The highest BCUT2D eigenvalue weighted by Crippen LogP contribution is 2.07. The first kappa shape index (κ1) is 17.4. The summed E-state index contributed by atoms with van der Waals surface area (Å²) >= 11 is 0. The van der Waals surface area contributed by atoms with E-state index in [-0.39, 0.29) is 5.91 Å². The number of anilines is 1. The Hall–Kier alpha value is -1.69. The van der Waals surface area contributed by atoms with E-state index in [1.54, 1.807) is 13.0 Å². The Balaban J connectivity index is 2.58. The number of aryl methyl sites for hydroxylation is 1. The molecule has 1 rings (SSSR count). The largest absolute Gasteiger partial charge is 0.370 e. The molecule has 0 aromatic carbocycles. The summed E-state index contributed by atoms with van der Waals surface area (Å²) in [6.07, 6.45) is 0.918. The van der Waals surface area contributed by atoms with Gasteiger partial charge in [-0.1, -0.05) is 13.8 Å². The monoisotopic (exact) mass is 293 g/mol. The third-order valence-corrected chi connectivity index (χ3v) is 2.83. The summed E-state index contributed by atoms with van der Waals surface area (Å²) in [6.45, 7) is 8.46. The molecular formula is C15H27N5O. The first-order valence-electron chi connectivity index (χ1n) is 7.41. The summed E-state index contributed by atoms with van der Waals surface area (Å²) in [4.78, 5) is 22.7. The molecule has 0 spiro atoms. The number of rotatable bonds is 8. The molecule has 0 saturated carbocycles. The van der Waals surface area contributed by atoms with Crippen LogP contribution in [0.1, 0.15) is 36.6 Å². The average molecular weight is 293 g/mol. The first-order valence-corrected chi connectivity index (χ1v) is 7.41. The maximum atomic E-state index is 12.1. The normalized spacial score (nSPS) is 11.0. The molecule has 6 nitrogen and oxygen atoms in total. The number of hydrogen-bond acceptors (Lipinski definition) is 5. The molecule has 0 aliphatic carbocycles. The molecule has 0 unspecified atom stereocenters. The summed E-state index contributed by atoms with van der Waals surface area (Å²) in [5, 5.41) is 6.11. The SMILES string of the molecule is Cc1nc(NCC(C)C)cc(C(=O)NCCCN(C)C)n1. The van der Waals surface area contributed by atoms with Crippen molar-refractivity contribution in [2.45, 2.75) is 27.2 Å². The van der Waals surface area contributed by atoms with Crippen LogP contribution in [-0.2, 0) is 0 Å². The van der Waals surface area contributed by atoms with E-state index in [0.717, 1.165) is 19.5 Å². The number of aromatic nitrogens is 2. The van der Waals surface area contributed by atoms with Crippen LogP contribution in [0.25, 0.3) is 0 Å². The number of nitrogens with zero attached hydrogens (tertiary/aromatic N) is 3. The van der Waals surface area contributed by atoms with E-state index in [2.05, 4.69) is 39.3 Å². The molecule has 1 heterocycles. The third-order valence-electron chi connectivity index (χ3n) is 2.83. The molecule has 0 saturated heterocycles. The summed E-state index contributed by atoms with van der Waals surface area (Å²) in [7, 11) is 4.03. The predicted molar refractivity (Wildman–Crippen MR) is 85.6 cm³/mol. The fraction of sp³-hybridized carbons (Fsp3) is 0.667. The fourth-order valence-electron chi connectivity index (χ4n) is 1.77. The van der Waals surface area contributed by atoms with Crippen LogP contribution >= 0.6 is 0 Å². The van der Waals surface area contributed by atoms with Crippen molar-refractivity contribution >= 4 is 11.7 Å². The lowest BCUT2D eigenvalue weighted by Crippen LogP contribution is -2.28. The zero-order chi connectivity index (χ0) is 15.8. The highest BCUT2D eigenvalue weighted by Gasteiger charge is 2.10. The van der Waals surface area contributed by atoms with Crippen molar-refractivity contribution in [3.05, 3.63) is 17.6 Å². The van der Waals surface area contributed by atoms with Crippen LogP contribution in [0.3, 0.4) is 0 Å². The van der Waals surface area contributed by atoms with Gasteiger partial charge >= 0.3 is 0 Å². The van der Waals surface area contributed by atoms with Gasteiger partial charge in [0, 0.05) is 19.2 Å². The predicted octanol–water partition coefficient (Wildman–Crippen LogP) is 1.53. The molecule has 118 valence electrons. The molecular weight excluding hydrogens is 266 g/mol. The van der Waals surface area contributed by atoms with E-state index in [4.69, 9.17) is 0 Å². The first-order chi connectivity index (χ1) is 9.88. The van der Waals surface area contributed by atoms with Gasteiger partial charge in [-0.3, -0.25) is 4.79 Å². The van der Waals surface area contributed by atoms with E-state index >= 15 is 0 Å². The molecule has 21 heavy (non-hydrogen) atoms. The van der Waals surface area contributed by atoms with Crippen molar-refractivity contribution in [1.29, 1.82) is 0 Å². The van der Waals surface area contributed by atoms with E-state index in [9.17, 15) is 4.79 Å². The van der Waals surface area contributed by atoms with Gasteiger partial charge in [0.1, 0.15) is 17.3 Å². The van der Waals surface area contributed by atoms with Gasteiger partial charge in [0.15, 0.2) is 0 Å². The lowest BCUT2D eigenvalue weighted by molar-refractivity contribution is 0.0947. The number of nitrogens with one attached hydrogen (secondary N) is 2. The van der Waals surface area contributed by atoms with Crippen LogP contribution in [-0.4, -0.2) is 54.5 Å². The minimum atomic E-state index is -0.146. The van der Waals surface area contributed by atoms with Gasteiger partial charge < -0.3 is 15.5 Å². The minimum absolute atomic E-state index is 0.146. The van der Waals surface area contributed by atoms with Gasteiger partial charge in [0.2, 0.25) is 0 Å². The van der Waals surface area contributed by atoms with Gasteiger partial charge in [0.25, 0.3) is 5.91 Å².